The third-order valence-electron chi connectivity index (χ3n) is 3.06. The molecule has 0 aliphatic rings. The molecule has 0 aliphatic carbocycles. The monoisotopic (exact) mass is 367 g/mol. The van der Waals surface area contributed by atoms with Crippen LogP contribution < -0.4 is 10.6 Å². The summed E-state index contributed by atoms with van der Waals surface area (Å²) < 4.78 is 1.03. The van der Waals surface area contributed by atoms with Crippen molar-refractivity contribution >= 4 is 39.0 Å². The van der Waals surface area contributed by atoms with Gasteiger partial charge in [0.15, 0.2) is 0 Å². The third kappa shape index (κ3) is 4.04. The summed E-state index contributed by atoms with van der Waals surface area (Å²) in [5.41, 5.74) is 1.54. The Morgan fingerprint density at radius 3 is 2.76 bits per heavy atom. The fraction of sp³-hybridized carbons (Fsp3) is 0.333. The van der Waals surface area contributed by atoms with Crippen LogP contribution in [-0.4, -0.2) is 17.9 Å². The molecule has 4 nitrogen and oxygen atoms in total. The molecule has 0 aliphatic heterocycles. The van der Waals surface area contributed by atoms with E-state index < -0.39 is 0 Å². The number of amides is 1. The van der Waals surface area contributed by atoms with Crippen molar-refractivity contribution in [3.05, 3.63) is 44.2 Å². The molecule has 2 N–H and O–H groups in total. The molecular formula is C15H18BrN3OS. The van der Waals surface area contributed by atoms with Gasteiger partial charge in [0.25, 0.3) is 5.91 Å². The van der Waals surface area contributed by atoms with Gasteiger partial charge in [0.05, 0.1) is 6.54 Å². The van der Waals surface area contributed by atoms with Crippen LogP contribution in [0.2, 0.25) is 0 Å². The maximum absolute atomic E-state index is 12.3. The lowest BCUT2D eigenvalue weighted by Crippen LogP contribution is -2.23. The van der Waals surface area contributed by atoms with E-state index in [4.69, 9.17) is 0 Å². The zero-order valence-corrected chi connectivity index (χ0v) is 14.6. The van der Waals surface area contributed by atoms with Crippen LogP contribution in [0.3, 0.4) is 0 Å². The van der Waals surface area contributed by atoms with Crippen LogP contribution in [0.15, 0.2) is 28.1 Å². The van der Waals surface area contributed by atoms with Crippen molar-refractivity contribution in [2.45, 2.75) is 26.3 Å². The number of anilines is 1. The highest BCUT2D eigenvalue weighted by Gasteiger charge is 2.12. The number of thiophene rings is 1. The molecule has 0 saturated carbocycles. The number of carbonyl (C=O) groups is 1. The van der Waals surface area contributed by atoms with Gasteiger partial charge in [-0.25, -0.2) is 4.98 Å². The number of hydrogen-bond donors (Lipinski definition) is 2. The molecule has 0 bridgehead atoms. The van der Waals surface area contributed by atoms with Crippen molar-refractivity contribution in [3.8, 4) is 0 Å². The number of pyridine rings is 1. The van der Waals surface area contributed by atoms with Crippen molar-refractivity contribution in [2.75, 3.05) is 12.4 Å². The summed E-state index contributed by atoms with van der Waals surface area (Å²) in [6.45, 7) is 4.64. The lowest BCUT2D eigenvalue weighted by molar-refractivity contribution is 0.0951. The summed E-state index contributed by atoms with van der Waals surface area (Å²) in [5, 5.41) is 7.94. The molecule has 6 heteroatoms. The van der Waals surface area contributed by atoms with Gasteiger partial charge in [-0.1, -0.05) is 13.8 Å². The highest BCUT2D eigenvalue weighted by molar-refractivity contribution is 9.10. The lowest BCUT2D eigenvalue weighted by Gasteiger charge is -2.11. The van der Waals surface area contributed by atoms with Crippen LogP contribution in [0.25, 0.3) is 0 Å². The summed E-state index contributed by atoms with van der Waals surface area (Å²) in [4.78, 5) is 17.9. The fourth-order valence-electron chi connectivity index (χ4n) is 1.82. The second-order valence-electron chi connectivity index (χ2n) is 4.95. The molecule has 0 atom stereocenters. The van der Waals surface area contributed by atoms with Gasteiger partial charge in [-0.2, -0.15) is 0 Å². The van der Waals surface area contributed by atoms with E-state index in [1.807, 2.05) is 17.5 Å². The SMILES string of the molecule is CNc1cc(C(=O)NCc2sccc2Br)cc(C(C)C)n1. The Hall–Kier alpha value is -1.40. The summed E-state index contributed by atoms with van der Waals surface area (Å²) in [7, 11) is 1.80. The Labute approximate surface area is 137 Å². The van der Waals surface area contributed by atoms with Crippen LogP contribution in [0.1, 0.15) is 40.7 Å². The van der Waals surface area contributed by atoms with Crippen molar-refractivity contribution in [1.29, 1.82) is 0 Å². The minimum Gasteiger partial charge on any atom is -0.373 e. The molecule has 0 unspecified atom stereocenters. The Morgan fingerprint density at radius 1 is 1.43 bits per heavy atom. The maximum Gasteiger partial charge on any atom is 0.251 e. The van der Waals surface area contributed by atoms with Gasteiger partial charge in [-0.05, 0) is 45.4 Å². The molecular weight excluding hydrogens is 350 g/mol. The molecule has 0 fully saturated rings. The Balaban J connectivity index is 2.14. The second-order valence-corrected chi connectivity index (χ2v) is 6.80. The van der Waals surface area contributed by atoms with E-state index in [0.717, 1.165) is 15.0 Å². The molecule has 2 aromatic heterocycles. The minimum atomic E-state index is -0.0869. The molecule has 112 valence electrons. The van der Waals surface area contributed by atoms with Crippen LogP contribution >= 0.6 is 27.3 Å². The number of hydrogen-bond acceptors (Lipinski definition) is 4. The third-order valence-corrected chi connectivity index (χ3v) is 4.98. The van der Waals surface area contributed by atoms with Crippen molar-refractivity contribution < 1.29 is 4.79 Å². The fourth-order valence-corrected chi connectivity index (χ4v) is 3.25. The van der Waals surface area contributed by atoms with Gasteiger partial charge in [-0.3, -0.25) is 4.79 Å². The van der Waals surface area contributed by atoms with Crippen LogP contribution in [-0.2, 0) is 6.54 Å². The normalized spacial score (nSPS) is 10.7. The predicted molar refractivity (Wildman–Crippen MR) is 91.1 cm³/mol. The Kier molecular flexibility index (Phi) is 5.36. The van der Waals surface area contributed by atoms with Crippen LogP contribution in [0, 0.1) is 0 Å². The van der Waals surface area contributed by atoms with Gasteiger partial charge in [0, 0.05) is 27.7 Å². The van der Waals surface area contributed by atoms with E-state index in [2.05, 4.69) is 45.4 Å². The first kappa shape index (κ1) is 16.0. The number of carbonyl (C=O) groups excluding carboxylic acids is 1. The summed E-state index contributed by atoms with van der Waals surface area (Å²) in [6.07, 6.45) is 0. The number of nitrogens with one attached hydrogen (secondary N) is 2. The van der Waals surface area contributed by atoms with E-state index >= 15 is 0 Å². The van der Waals surface area contributed by atoms with Crippen molar-refractivity contribution in [3.63, 3.8) is 0 Å². The standard InChI is InChI=1S/C15H18BrN3OS/c1-9(2)12-6-10(7-14(17-3)19-12)15(20)18-8-13-11(16)4-5-21-13/h4-7,9H,8H2,1-3H3,(H,17,19)(H,18,20). The first-order chi connectivity index (χ1) is 10.0. The smallest absolute Gasteiger partial charge is 0.251 e. The average Bonchev–Trinajstić information content (AvgIpc) is 2.89. The van der Waals surface area contributed by atoms with Gasteiger partial charge in [0.1, 0.15) is 5.82 Å². The zero-order valence-electron chi connectivity index (χ0n) is 12.2. The van der Waals surface area contributed by atoms with Crippen molar-refractivity contribution in [1.82, 2.24) is 10.3 Å². The molecule has 2 aromatic rings. The molecule has 0 aromatic carbocycles. The molecule has 2 rings (SSSR count). The van der Waals surface area contributed by atoms with E-state index in [1.54, 1.807) is 24.5 Å². The minimum absolute atomic E-state index is 0.0869. The number of halogens is 1. The predicted octanol–water partition coefficient (Wildman–Crippen LogP) is 4.00. The summed E-state index contributed by atoms with van der Waals surface area (Å²) in [6, 6.07) is 5.60. The molecule has 2 heterocycles. The zero-order chi connectivity index (χ0) is 15.4. The maximum atomic E-state index is 12.3. The largest absolute Gasteiger partial charge is 0.373 e. The van der Waals surface area contributed by atoms with E-state index in [9.17, 15) is 4.79 Å². The van der Waals surface area contributed by atoms with Crippen molar-refractivity contribution in [2.24, 2.45) is 0 Å². The molecule has 0 saturated heterocycles. The van der Waals surface area contributed by atoms with Crippen LogP contribution in [0.5, 0.6) is 0 Å². The lowest BCUT2D eigenvalue weighted by atomic mass is 10.1. The quantitative estimate of drug-likeness (QED) is 0.839. The first-order valence-corrected chi connectivity index (χ1v) is 8.38. The second kappa shape index (κ2) is 7.04. The van der Waals surface area contributed by atoms with E-state index in [0.29, 0.717) is 17.9 Å². The molecule has 21 heavy (non-hydrogen) atoms. The highest BCUT2D eigenvalue weighted by Crippen LogP contribution is 2.22. The topological polar surface area (TPSA) is 54.0 Å². The number of rotatable bonds is 5. The van der Waals surface area contributed by atoms with E-state index in [-0.39, 0.29) is 11.8 Å². The average molecular weight is 368 g/mol. The summed E-state index contributed by atoms with van der Waals surface area (Å²) >= 11 is 5.08. The summed E-state index contributed by atoms with van der Waals surface area (Å²) in [5.74, 6) is 0.899. The first-order valence-electron chi connectivity index (χ1n) is 6.71. The molecule has 0 spiro atoms. The molecule has 0 radical (unpaired) electrons. The molecule has 1 amide bonds. The highest BCUT2D eigenvalue weighted by atomic mass is 79.9. The van der Waals surface area contributed by atoms with Gasteiger partial charge < -0.3 is 10.6 Å². The van der Waals surface area contributed by atoms with Crippen LogP contribution in [0.4, 0.5) is 5.82 Å². The van der Waals surface area contributed by atoms with Gasteiger partial charge >= 0.3 is 0 Å². The van der Waals surface area contributed by atoms with Gasteiger partial charge in [-0.15, -0.1) is 11.3 Å². The van der Waals surface area contributed by atoms with Gasteiger partial charge in [0.2, 0.25) is 0 Å². The Bertz CT molecular complexity index is 640. The van der Waals surface area contributed by atoms with E-state index in [1.165, 1.54) is 0 Å². The number of nitrogens with zero attached hydrogens (tertiary/aromatic N) is 1. The Morgan fingerprint density at radius 2 is 2.19 bits per heavy atom. The number of aromatic nitrogens is 1.